The van der Waals surface area contributed by atoms with E-state index in [0.717, 1.165) is 0 Å². The van der Waals surface area contributed by atoms with Crippen molar-refractivity contribution in [2.75, 3.05) is 18.5 Å². The topological polar surface area (TPSA) is 43.7 Å². The molecule has 0 bridgehead atoms. The van der Waals surface area contributed by atoms with Crippen molar-refractivity contribution in [3.63, 3.8) is 0 Å². The Hall–Kier alpha value is -1.13. The standard InChI is InChI=1S/C12H18FNO2/c1-8(15)7-14(3)12-10(9(2)16)5-4-6-11(12)13/h4-6,8-9,15-16H,7H2,1-3H3/t8?,9-/m1/s1. The molecule has 0 aromatic heterocycles. The predicted molar refractivity (Wildman–Crippen MR) is 62.0 cm³/mol. The van der Waals surface area contributed by atoms with Crippen LogP contribution in [0, 0.1) is 5.82 Å². The molecule has 0 saturated heterocycles. The highest BCUT2D eigenvalue weighted by molar-refractivity contribution is 5.55. The minimum atomic E-state index is -0.734. The highest BCUT2D eigenvalue weighted by Crippen LogP contribution is 2.28. The van der Waals surface area contributed by atoms with Crippen LogP contribution < -0.4 is 4.90 Å². The molecule has 1 unspecified atom stereocenters. The molecule has 1 rings (SSSR count). The van der Waals surface area contributed by atoms with Crippen molar-refractivity contribution in [1.82, 2.24) is 0 Å². The average molecular weight is 227 g/mol. The van der Waals surface area contributed by atoms with Gasteiger partial charge in [0, 0.05) is 19.2 Å². The zero-order valence-corrected chi connectivity index (χ0v) is 9.81. The van der Waals surface area contributed by atoms with Crippen LogP contribution in [0.1, 0.15) is 25.5 Å². The van der Waals surface area contributed by atoms with E-state index in [1.165, 1.54) is 6.07 Å². The molecule has 0 aliphatic carbocycles. The van der Waals surface area contributed by atoms with Crippen LogP contribution in [-0.4, -0.2) is 29.9 Å². The van der Waals surface area contributed by atoms with Crippen LogP contribution in [0.5, 0.6) is 0 Å². The van der Waals surface area contributed by atoms with Gasteiger partial charge in [-0.15, -0.1) is 0 Å². The summed E-state index contributed by atoms with van der Waals surface area (Å²) in [5, 5.41) is 18.8. The Kier molecular flexibility index (Phi) is 4.26. The van der Waals surface area contributed by atoms with Crippen molar-refractivity contribution >= 4 is 5.69 Å². The summed E-state index contributed by atoms with van der Waals surface area (Å²) in [5.41, 5.74) is 0.876. The summed E-state index contributed by atoms with van der Waals surface area (Å²) < 4.78 is 13.7. The van der Waals surface area contributed by atoms with Gasteiger partial charge in [-0.05, 0) is 19.9 Å². The summed E-state index contributed by atoms with van der Waals surface area (Å²) in [6.45, 7) is 3.55. The molecule has 3 nitrogen and oxygen atoms in total. The highest BCUT2D eigenvalue weighted by atomic mass is 19.1. The minimum absolute atomic E-state index is 0.320. The van der Waals surface area contributed by atoms with Gasteiger partial charge >= 0.3 is 0 Å². The van der Waals surface area contributed by atoms with Gasteiger partial charge in [-0.1, -0.05) is 12.1 Å². The number of benzene rings is 1. The van der Waals surface area contributed by atoms with Gasteiger partial charge in [-0.3, -0.25) is 0 Å². The van der Waals surface area contributed by atoms with E-state index < -0.39 is 12.2 Å². The first-order valence-electron chi connectivity index (χ1n) is 5.29. The molecule has 0 saturated carbocycles. The third-order valence-corrected chi connectivity index (χ3v) is 2.39. The van der Waals surface area contributed by atoms with Gasteiger partial charge in [0.1, 0.15) is 5.82 Å². The first-order chi connectivity index (χ1) is 7.43. The molecule has 90 valence electrons. The fraction of sp³-hybridized carbons (Fsp3) is 0.500. The Labute approximate surface area is 95.1 Å². The second-order valence-electron chi connectivity index (χ2n) is 4.08. The molecule has 1 aromatic rings. The lowest BCUT2D eigenvalue weighted by Gasteiger charge is -2.25. The molecule has 2 N–H and O–H groups in total. The molecule has 0 heterocycles. The number of hydrogen-bond acceptors (Lipinski definition) is 3. The number of likely N-dealkylation sites (N-methyl/N-ethyl adjacent to an activating group) is 1. The maximum atomic E-state index is 13.7. The van der Waals surface area contributed by atoms with Crippen LogP contribution in [-0.2, 0) is 0 Å². The lowest BCUT2D eigenvalue weighted by Crippen LogP contribution is -2.28. The summed E-state index contributed by atoms with van der Waals surface area (Å²) in [5.74, 6) is -0.387. The van der Waals surface area contributed by atoms with Crippen LogP contribution in [0.3, 0.4) is 0 Å². The van der Waals surface area contributed by atoms with Crippen molar-refractivity contribution in [3.8, 4) is 0 Å². The van der Waals surface area contributed by atoms with Crippen LogP contribution in [0.15, 0.2) is 18.2 Å². The Morgan fingerprint density at radius 2 is 1.94 bits per heavy atom. The van der Waals surface area contributed by atoms with Gasteiger partial charge in [0.25, 0.3) is 0 Å². The van der Waals surface area contributed by atoms with Gasteiger partial charge in [0.05, 0.1) is 17.9 Å². The zero-order chi connectivity index (χ0) is 12.3. The summed E-state index contributed by atoms with van der Waals surface area (Å²) >= 11 is 0. The molecule has 0 spiro atoms. The van der Waals surface area contributed by atoms with E-state index in [1.54, 1.807) is 37.9 Å². The third-order valence-electron chi connectivity index (χ3n) is 2.39. The Morgan fingerprint density at radius 3 is 2.44 bits per heavy atom. The van der Waals surface area contributed by atoms with E-state index in [0.29, 0.717) is 17.8 Å². The zero-order valence-electron chi connectivity index (χ0n) is 9.81. The summed E-state index contributed by atoms with van der Waals surface area (Å²) in [7, 11) is 1.69. The van der Waals surface area contributed by atoms with E-state index in [4.69, 9.17) is 0 Å². The fourth-order valence-corrected chi connectivity index (χ4v) is 1.76. The van der Waals surface area contributed by atoms with Gasteiger partial charge in [0.15, 0.2) is 0 Å². The maximum Gasteiger partial charge on any atom is 0.146 e. The molecule has 0 aliphatic heterocycles. The highest BCUT2D eigenvalue weighted by Gasteiger charge is 2.16. The third kappa shape index (κ3) is 2.93. The molecule has 0 amide bonds. The minimum Gasteiger partial charge on any atom is -0.392 e. The molecule has 0 aliphatic rings. The number of anilines is 1. The number of para-hydroxylation sites is 1. The van der Waals surface area contributed by atoms with Crippen LogP contribution in [0.2, 0.25) is 0 Å². The lowest BCUT2D eigenvalue weighted by atomic mass is 10.1. The Balaban J connectivity index is 3.09. The monoisotopic (exact) mass is 227 g/mol. The van der Waals surface area contributed by atoms with Crippen molar-refractivity contribution in [1.29, 1.82) is 0 Å². The van der Waals surface area contributed by atoms with Crippen molar-refractivity contribution in [2.24, 2.45) is 0 Å². The molecular formula is C12H18FNO2. The number of hydrogen-bond donors (Lipinski definition) is 2. The lowest BCUT2D eigenvalue weighted by molar-refractivity contribution is 0.194. The molecule has 0 fully saturated rings. The van der Waals surface area contributed by atoms with Crippen molar-refractivity contribution < 1.29 is 14.6 Å². The summed E-state index contributed by atoms with van der Waals surface area (Å²) in [6.07, 6.45) is -1.28. The molecule has 4 heteroatoms. The SMILES string of the molecule is CC(O)CN(C)c1c(F)cccc1[C@@H](C)O. The number of halogens is 1. The number of aliphatic hydroxyl groups is 2. The van der Waals surface area contributed by atoms with Crippen molar-refractivity contribution in [3.05, 3.63) is 29.6 Å². The molecule has 0 radical (unpaired) electrons. The van der Waals surface area contributed by atoms with E-state index in [1.807, 2.05) is 0 Å². The van der Waals surface area contributed by atoms with Gasteiger partial charge < -0.3 is 15.1 Å². The molecule has 16 heavy (non-hydrogen) atoms. The van der Waals surface area contributed by atoms with Crippen molar-refractivity contribution in [2.45, 2.75) is 26.1 Å². The fourth-order valence-electron chi connectivity index (χ4n) is 1.76. The number of nitrogens with zero attached hydrogens (tertiary/aromatic N) is 1. The van der Waals surface area contributed by atoms with Gasteiger partial charge in [0.2, 0.25) is 0 Å². The van der Waals surface area contributed by atoms with E-state index in [9.17, 15) is 14.6 Å². The number of aliphatic hydroxyl groups excluding tert-OH is 2. The van der Waals surface area contributed by atoms with E-state index in [-0.39, 0.29) is 5.82 Å². The van der Waals surface area contributed by atoms with E-state index in [2.05, 4.69) is 0 Å². The molecule has 2 atom stereocenters. The predicted octanol–water partition coefficient (Wildman–Crippen LogP) is 1.70. The average Bonchev–Trinajstić information content (AvgIpc) is 2.15. The maximum absolute atomic E-state index is 13.7. The second-order valence-corrected chi connectivity index (χ2v) is 4.08. The normalized spacial score (nSPS) is 14.6. The smallest absolute Gasteiger partial charge is 0.146 e. The summed E-state index contributed by atoms with van der Waals surface area (Å²) in [4.78, 5) is 1.61. The first kappa shape index (κ1) is 12.9. The largest absolute Gasteiger partial charge is 0.392 e. The van der Waals surface area contributed by atoms with Crippen LogP contribution in [0.25, 0.3) is 0 Å². The Morgan fingerprint density at radius 1 is 1.31 bits per heavy atom. The molecular weight excluding hydrogens is 209 g/mol. The van der Waals surface area contributed by atoms with Crippen LogP contribution >= 0.6 is 0 Å². The number of rotatable bonds is 4. The molecule has 1 aromatic carbocycles. The Bertz CT molecular complexity index is 353. The van der Waals surface area contributed by atoms with Gasteiger partial charge in [-0.25, -0.2) is 4.39 Å². The summed E-state index contributed by atoms with van der Waals surface area (Å²) in [6, 6.07) is 4.60. The quantitative estimate of drug-likeness (QED) is 0.822. The first-order valence-corrected chi connectivity index (χ1v) is 5.29. The second kappa shape index (κ2) is 5.27. The van der Waals surface area contributed by atoms with E-state index >= 15 is 0 Å². The van der Waals surface area contributed by atoms with Gasteiger partial charge in [-0.2, -0.15) is 0 Å². The van der Waals surface area contributed by atoms with Crippen LogP contribution in [0.4, 0.5) is 10.1 Å².